The van der Waals surface area contributed by atoms with Gasteiger partial charge in [0.05, 0.1) is 26.2 Å². The monoisotopic (exact) mass is 628 g/mol. The Morgan fingerprint density at radius 3 is 1.12 bits per heavy atom. The summed E-state index contributed by atoms with van der Waals surface area (Å²) in [6, 6.07) is 1.69. The van der Waals surface area contributed by atoms with E-state index in [0.717, 1.165) is 51.1 Å². The molecule has 12 heteroatoms. The van der Waals surface area contributed by atoms with Crippen molar-refractivity contribution in [2.75, 3.05) is 39.6 Å². The third-order valence-electron chi connectivity index (χ3n) is 7.06. The zero-order valence-corrected chi connectivity index (χ0v) is 29.4. The second kappa shape index (κ2) is 21.3. The van der Waals surface area contributed by atoms with E-state index in [1.165, 1.54) is 25.7 Å². The second-order valence-corrected chi connectivity index (χ2v) is 15.8. The molecule has 0 saturated heterocycles. The van der Waals surface area contributed by atoms with Gasteiger partial charge in [0.25, 0.3) is 0 Å². The van der Waals surface area contributed by atoms with Crippen LogP contribution in [-0.4, -0.2) is 66.4 Å². The predicted octanol–water partition coefficient (Wildman–Crippen LogP) is 5.00. The molecule has 0 N–H and O–H groups in total. The Morgan fingerprint density at radius 1 is 0.476 bits per heavy atom. The van der Waals surface area contributed by atoms with E-state index in [1.54, 1.807) is 0 Å². The van der Waals surface area contributed by atoms with Crippen molar-refractivity contribution in [1.29, 1.82) is 0 Å². The van der Waals surface area contributed by atoms with Gasteiger partial charge >= 0.3 is 17.6 Å². The summed E-state index contributed by atoms with van der Waals surface area (Å²) < 4.78 is 45.0. The molecule has 0 aliphatic heterocycles. The molecule has 0 unspecified atom stereocenters. The van der Waals surface area contributed by atoms with Crippen LogP contribution in [0.15, 0.2) is 37.4 Å². The lowest BCUT2D eigenvalue weighted by Crippen LogP contribution is -2.46. The molecular weight excluding hydrogens is 569 g/mol. The molecule has 242 valence electrons. The van der Waals surface area contributed by atoms with Crippen molar-refractivity contribution in [3.8, 4) is 0 Å². The highest BCUT2D eigenvalue weighted by molar-refractivity contribution is 6.61. The molecule has 2 aromatic rings. The molecule has 10 nitrogen and oxygen atoms in total. The summed E-state index contributed by atoms with van der Waals surface area (Å²) in [6.07, 6.45) is 20.0. The van der Waals surface area contributed by atoms with E-state index in [4.69, 9.17) is 26.6 Å². The highest BCUT2D eigenvalue weighted by Crippen LogP contribution is 2.19. The molecule has 0 aliphatic rings. The minimum atomic E-state index is -2.56. The van der Waals surface area contributed by atoms with Crippen molar-refractivity contribution in [3.63, 3.8) is 0 Å². The number of rotatable bonds is 27. The van der Waals surface area contributed by atoms with E-state index in [2.05, 4.69) is 55.7 Å². The third kappa shape index (κ3) is 13.5. The molecule has 0 aliphatic carbocycles. The predicted molar refractivity (Wildman–Crippen MR) is 168 cm³/mol. The van der Waals surface area contributed by atoms with Crippen LogP contribution in [0.25, 0.3) is 0 Å². The third-order valence-corrected chi connectivity index (χ3v) is 13.4. The van der Waals surface area contributed by atoms with Crippen LogP contribution in [0.4, 0.5) is 0 Å². The van der Waals surface area contributed by atoms with Gasteiger partial charge in [0, 0.05) is 51.7 Å². The van der Waals surface area contributed by atoms with Gasteiger partial charge in [-0.15, -0.1) is 0 Å². The van der Waals surface area contributed by atoms with E-state index in [9.17, 15) is 0 Å². The van der Waals surface area contributed by atoms with Gasteiger partial charge in [-0.1, -0.05) is 0 Å². The number of hydrogen-bond donors (Lipinski definition) is 0. The number of hydrogen-bond acceptors (Lipinski definition) is 6. The normalized spacial score (nSPS) is 12.4. The fourth-order valence-electron chi connectivity index (χ4n) is 5.31. The maximum Gasteiger partial charge on any atom is 0.501 e. The first-order valence-corrected chi connectivity index (χ1v) is 20.3. The summed E-state index contributed by atoms with van der Waals surface area (Å²) in [7, 11) is -5.11. The van der Waals surface area contributed by atoms with Crippen LogP contribution in [0.5, 0.6) is 0 Å². The molecule has 0 fully saturated rings. The topological polar surface area (TPSA) is 73.0 Å². The van der Waals surface area contributed by atoms with Gasteiger partial charge in [0.1, 0.15) is 24.8 Å². The van der Waals surface area contributed by atoms with Crippen molar-refractivity contribution in [2.24, 2.45) is 0 Å². The van der Waals surface area contributed by atoms with Crippen molar-refractivity contribution in [1.82, 2.24) is 9.13 Å². The zero-order chi connectivity index (χ0) is 30.5. The second-order valence-electron chi connectivity index (χ2n) is 10.4. The first-order chi connectivity index (χ1) is 20.5. The SMILES string of the molecule is CCO[Si](CCC[n+]1ccn(CCCCCCn2cc[n+](CCC[Si](OCC)(OCC)OCC)c2)c1)(OCC)OCC. The molecule has 0 saturated carbocycles. The van der Waals surface area contributed by atoms with Crippen LogP contribution in [-0.2, 0) is 52.7 Å². The van der Waals surface area contributed by atoms with E-state index < -0.39 is 17.6 Å². The highest BCUT2D eigenvalue weighted by Gasteiger charge is 2.40. The molecule has 0 radical (unpaired) electrons. The molecular formula is C30H60N4O6Si2+2. The van der Waals surface area contributed by atoms with Gasteiger partial charge in [-0.05, 0) is 80.1 Å². The zero-order valence-electron chi connectivity index (χ0n) is 27.4. The molecule has 2 heterocycles. The fraction of sp³-hybridized carbons (Fsp3) is 0.800. The molecule has 2 rings (SSSR count). The fourth-order valence-corrected chi connectivity index (χ4v) is 10.5. The van der Waals surface area contributed by atoms with Crippen molar-refractivity contribution >= 4 is 17.6 Å². The number of aromatic nitrogens is 4. The van der Waals surface area contributed by atoms with Gasteiger partial charge in [0.15, 0.2) is 0 Å². The maximum atomic E-state index is 5.98. The maximum absolute atomic E-state index is 5.98. The Morgan fingerprint density at radius 2 is 0.810 bits per heavy atom. The van der Waals surface area contributed by atoms with Crippen molar-refractivity contribution < 1.29 is 35.7 Å². The van der Waals surface area contributed by atoms with Gasteiger partial charge < -0.3 is 26.6 Å². The van der Waals surface area contributed by atoms with E-state index in [-0.39, 0.29) is 0 Å². The average Bonchev–Trinajstić information content (AvgIpc) is 3.61. The molecule has 2 aromatic heterocycles. The van der Waals surface area contributed by atoms with E-state index >= 15 is 0 Å². The van der Waals surface area contributed by atoms with Gasteiger partial charge in [-0.25, -0.2) is 18.3 Å². The Balaban J connectivity index is 1.63. The van der Waals surface area contributed by atoms with Crippen molar-refractivity contribution in [3.05, 3.63) is 37.4 Å². The van der Waals surface area contributed by atoms with Crippen LogP contribution >= 0.6 is 0 Å². The standard InChI is InChI=1S/C30H60N4O6Si2/c1-7-35-41(36-8-2,37-9-3)27-17-21-33-25-23-31(29-33)19-15-13-14-16-20-32-24-26-34(30-32)22-18-28-42(38-10-4,39-11-5)40-12-6/h23-26,29-30H,7-22,27-28H2,1-6H3/q+2. The number of aryl methyl sites for hydroxylation is 4. The summed E-state index contributed by atoms with van der Waals surface area (Å²) >= 11 is 0. The Bertz CT molecular complexity index is 836. The number of imidazole rings is 2. The van der Waals surface area contributed by atoms with Crippen LogP contribution < -0.4 is 9.13 Å². The van der Waals surface area contributed by atoms with E-state index in [0.29, 0.717) is 39.6 Å². The summed E-state index contributed by atoms with van der Waals surface area (Å²) in [4.78, 5) is 0. The highest BCUT2D eigenvalue weighted by atomic mass is 28.4. The van der Waals surface area contributed by atoms with Crippen LogP contribution in [0.3, 0.4) is 0 Å². The lowest BCUT2D eigenvalue weighted by atomic mass is 10.2. The summed E-state index contributed by atoms with van der Waals surface area (Å²) in [5.74, 6) is 0. The lowest BCUT2D eigenvalue weighted by Gasteiger charge is -2.28. The summed E-state index contributed by atoms with van der Waals surface area (Å²) in [5, 5.41) is 0. The number of unbranched alkanes of at least 4 members (excludes halogenated alkanes) is 3. The van der Waals surface area contributed by atoms with Gasteiger partial charge in [-0.3, -0.25) is 0 Å². The first kappa shape index (κ1) is 36.8. The summed E-state index contributed by atoms with van der Waals surface area (Å²) in [6.45, 7) is 19.8. The van der Waals surface area contributed by atoms with Gasteiger partial charge in [0.2, 0.25) is 12.7 Å². The van der Waals surface area contributed by atoms with Crippen LogP contribution in [0, 0.1) is 0 Å². The molecule has 0 amide bonds. The lowest BCUT2D eigenvalue weighted by molar-refractivity contribution is -0.696. The van der Waals surface area contributed by atoms with E-state index in [1.807, 2.05) is 41.5 Å². The minimum absolute atomic E-state index is 0.628. The minimum Gasteiger partial charge on any atom is -0.374 e. The molecule has 0 spiro atoms. The van der Waals surface area contributed by atoms with Gasteiger partial charge in [-0.2, -0.15) is 0 Å². The molecule has 0 bridgehead atoms. The Labute approximate surface area is 257 Å². The Hall–Kier alpha value is -1.39. The van der Waals surface area contributed by atoms with Crippen LogP contribution in [0.2, 0.25) is 12.1 Å². The summed E-state index contributed by atoms with van der Waals surface area (Å²) in [5.41, 5.74) is 0. The molecule has 0 atom stereocenters. The average molecular weight is 629 g/mol. The van der Waals surface area contributed by atoms with Crippen LogP contribution in [0.1, 0.15) is 80.1 Å². The number of nitrogens with zero attached hydrogens (tertiary/aromatic N) is 4. The van der Waals surface area contributed by atoms with Crippen molar-refractivity contribution in [2.45, 2.75) is 118 Å². The molecule has 0 aromatic carbocycles. The first-order valence-electron chi connectivity index (χ1n) is 16.4. The largest absolute Gasteiger partial charge is 0.501 e. The Kier molecular flexibility index (Phi) is 18.7. The quantitative estimate of drug-likeness (QED) is 0.0788. The molecule has 42 heavy (non-hydrogen) atoms. The smallest absolute Gasteiger partial charge is 0.374 e.